The highest BCUT2D eigenvalue weighted by Crippen LogP contribution is 2.19. The molecule has 1 atom stereocenters. The quantitative estimate of drug-likeness (QED) is 0.741. The van der Waals surface area contributed by atoms with Crippen LogP contribution in [0.1, 0.15) is 6.42 Å². The van der Waals surface area contributed by atoms with Crippen LogP contribution in [0.25, 0.3) is 0 Å². The van der Waals surface area contributed by atoms with Crippen molar-refractivity contribution in [2.24, 2.45) is 0 Å². The summed E-state index contributed by atoms with van der Waals surface area (Å²) in [5.41, 5.74) is 6.24. The van der Waals surface area contributed by atoms with E-state index in [9.17, 15) is 4.79 Å². The Hall–Kier alpha value is -1.91. The molecule has 86 valence electrons. The first kappa shape index (κ1) is 10.6. The Labute approximate surface area is 93.4 Å². The molecule has 0 unspecified atom stereocenters. The summed E-state index contributed by atoms with van der Waals surface area (Å²) in [6, 6.07) is 7.11. The molecule has 0 radical (unpaired) electrons. The van der Waals surface area contributed by atoms with Gasteiger partial charge in [0.15, 0.2) is 0 Å². The minimum Gasteiger partial charge on any atom is -0.489 e. The van der Waals surface area contributed by atoms with Gasteiger partial charge in [0.1, 0.15) is 11.9 Å². The fraction of sp³-hybridized carbons (Fsp3) is 0.364. The van der Waals surface area contributed by atoms with Crippen LogP contribution in [0.5, 0.6) is 5.75 Å². The zero-order valence-electron chi connectivity index (χ0n) is 8.80. The maximum absolute atomic E-state index is 10.7. The third kappa shape index (κ3) is 2.36. The Morgan fingerprint density at radius 3 is 2.69 bits per heavy atom. The summed E-state index contributed by atoms with van der Waals surface area (Å²) in [6.07, 6.45) is -0.209. The zero-order chi connectivity index (χ0) is 11.5. The molecule has 2 rings (SSSR count). The van der Waals surface area contributed by atoms with Gasteiger partial charge < -0.3 is 20.5 Å². The van der Waals surface area contributed by atoms with Crippen LogP contribution in [0.15, 0.2) is 24.3 Å². The molecule has 1 heterocycles. The summed E-state index contributed by atoms with van der Waals surface area (Å²) in [7, 11) is 0. The van der Waals surface area contributed by atoms with Crippen molar-refractivity contribution in [2.75, 3.05) is 18.8 Å². The molecular weight excluding hydrogens is 208 g/mol. The normalized spacial score (nSPS) is 19.8. The zero-order valence-corrected chi connectivity index (χ0v) is 8.80. The van der Waals surface area contributed by atoms with Crippen molar-refractivity contribution in [3.05, 3.63) is 24.3 Å². The lowest BCUT2D eigenvalue weighted by molar-refractivity contribution is 0.145. The monoisotopic (exact) mass is 222 g/mol. The van der Waals surface area contributed by atoms with Gasteiger partial charge in [-0.3, -0.25) is 0 Å². The first-order valence-electron chi connectivity index (χ1n) is 5.15. The molecule has 0 bridgehead atoms. The predicted octanol–water partition coefficient (Wildman–Crippen LogP) is 1.40. The van der Waals surface area contributed by atoms with Crippen molar-refractivity contribution in [3.8, 4) is 5.75 Å². The fourth-order valence-electron chi connectivity index (χ4n) is 1.74. The highest BCUT2D eigenvalue weighted by Gasteiger charge is 2.27. The van der Waals surface area contributed by atoms with E-state index in [0.717, 1.165) is 12.2 Å². The Balaban J connectivity index is 1.92. The number of likely N-dealkylation sites (tertiary alicyclic amines) is 1. The second-order valence-corrected chi connectivity index (χ2v) is 3.83. The number of ether oxygens (including phenoxy) is 1. The van der Waals surface area contributed by atoms with Crippen LogP contribution in [-0.4, -0.2) is 35.3 Å². The van der Waals surface area contributed by atoms with E-state index in [0.29, 0.717) is 18.8 Å². The molecule has 0 saturated carbocycles. The Morgan fingerprint density at radius 2 is 2.12 bits per heavy atom. The van der Waals surface area contributed by atoms with Crippen LogP contribution in [0.4, 0.5) is 10.5 Å². The molecule has 5 nitrogen and oxygen atoms in total. The Bertz CT molecular complexity index is 377. The number of benzene rings is 1. The largest absolute Gasteiger partial charge is 0.489 e. The number of carboxylic acid groups (broad SMARTS) is 1. The van der Waals surface area contributed by atoms with Crippen LogP contribution in [0, 0.1) is 0 Å². The average Bonchev–Trinajstić information content (AvgIpc) is 2.70. The molecule has 0 spiro atoms. The lowest BCUT2D eigenvalue weighted by Gasteiger charge is -2.14. The summed E-state index contributed by atoms with van der Waals surface area (Å²) >= 11 is 0. The number of hydrogen-bond acceptors (Lipinski definition) is 3. The molecule has 1 aromatic rings. The van der Waals surface area contributed by atoms with Gasteiger partial charge in [-0.25, -0.2) is 4.79 Å². The standard InChI is InChI=1S/C11H14N2O3/c12-8-1-3-9(4-2-8)16-10-5-6-13(7-10)11(14)15/h1-4,10H,5-7,12H2,(H,14,15)/t10-/m0/s1. The average molecular weight is 222 g/mol. The molecule has 16 heavy (non-hydrogen) atoms. The number of nitrogens with zero attached hydrogens (tertiary/aromatic N) is 1. The Kier molecular flexibility index (Phi) is 2.85. The number of rotatable bonds is 2. The van der Waals surface area contributed by atoms with Crippen molar-refractivity contribution in [3.63, 3.8) is 0 Å². The number of nitrogens with two attached hydrogens (primary N) is 1. The number of amides is 1. The van der Waals surface area contributed by atoms with Gasteiger partial charge in [0.25, 0.3) is 0 Å². The van der Waals surface area contributed by atoms with Crippen LogP contribution >= 0.6 is 0 Å². The van der Waals surface area contributed by atoms with Gasteiger partial charge in [0, 0.05) is 18.7 Å². The van der Waals surface area contributed by atoms with Crippen molar-refractivity contribution < 1.29 is 14.6 Å². The van der Waals surface area contributed by atoms with E-state index in [1.54, 1.807) is 24.3 Å². The lowest BCUT2D eigenvalue weighted by Crippen LogP contribution is -2.29. The maximum Gasteiger partial charge on any atom is 0.407 e. The third-order valence-electron chi connectivity index (χ3n) is 2.60. The summed E-state index contributed by atoms with van der Waals surface area (Å²) in [6.45, 7) is 0.967. The highest BCUT2D eigenvalue weighted by atomic mass is 16.5. The van der Waals surface area contributed by atoms with Gasteiger partial charge in [-0.05, 0) is 24.3 Å². The smallest absolute Gasteiger partial charge is 0.407 e. The minimum atomic E-state index is -0.886. The number of hydrogen-bond donors (Lipinski definition) is 2. The molecule has 1 saturated heterocycles. The number of anilines is 1. The first-order valence-corrected chi connectivity index (χ1v) is 5.15. The number of nitrogen functional groups attached to an aromatic ring is 1. The van der Waals surface area contributed by atoms with Crippen molar-refractivity contribution in [1.82, 2.24) is 4.90 Å². The second-order valence-electron chi connectivity index (χ2n) is 3.83. The molecule has 1 aliphatic heterocycles. The van der Waals surface area contributed by atoms with E-state index in [1.807, 2.05) is 0 Å². The third-order valence-corrected chi connectivity index (χ3v) is 2.60. The molecule has 1 aliphatic rings. The summed E-state index contributed by atoms with van der Waals surface area (Å²) in [5.74, 6) is 0.728. The van der Waals surface area contributed by atoms with E-state index in [2.05, 4.69) is 0 Å². The van der Waals surface area contributed by atoms with E-state index in [-0.39, 0.29) is 6.10 Å². The molecule has 0 aromatic heterocycles. The van der Waals surface area contributed by atoms with Crippen LogP contribution in [-0.2, 0) is 0 Å². The molecule has 1 aromatic carbocycles. The van der Waals surface area contributed by atoms with Gasteiger partial charge in [0.05, 0.1) is 6.54 Å². The van der Waals surface area contributed by atoms with Crippen molar-refractivity contribution in [2.45, 2.75) is 12.5 Å². The van der Waals surface area contributed by atoms with Crippen LogP contribution < -0.4 is 10.5 Å². The van der Waals surface area contributed by atoms with Crippen molar-refractivity contribution in [1.29, 1.82) is 0 Å². The topological polar surface area (TPSA) is 75.8 Å². The van der Waals surface area contributed by atoms with Gasteiger partial charge >= 0.3 is 6.09 Å². The summed E-state index contributed by atoms with van der Waals surface area (Å²) in [4.78, 5) is 12.1. The summed E-state index contributed by atoms with van der Waals surface area (Å²) < 4.78 is 5.65. The fourth-order valence-corrected chi connectivity index (χ4v) is 1.74. The van der Waals surface area contributed by atoms with Gasteiger partial charge in [-0.2, -0.15) is 0 Å². The predicted molar refractivity (Wildman–Crippen MR) is 59.5 cm³/mol. The van der Waals surface area contributed by atoms with Crippen LogP contribution in [0.2, 0.25) is 0 Å². The Morgan fingerprint density at radius 1 is 1.44 bits per heavy atom. The molecule has 3 N–H and O–H groups in total. The molecule has 0 aliphatic carbocycles. The highest BCUT2D eigenvalue weighted by molar-refractivity contribution is 5.65. The minimum absolute atomic E-state index is 0.0558. The SMILES string of the molecule is Nc1ccc(O[C@H]2CCN(C(=O)O)C2)cc1. The lowest BCUT2D eigenvalue weighted by atomic mass is 10.3. The van der Waals surface area contributed by atoms with Gasteiger partial charge in [0.2, 0.25) is 0 Å². The van der Waals surface area contributed by atoms with E-state index < -0.39 is 6.09 Å². The van der Waals surface area contributed by atoms with E-state index in [4.69, 9.17) is 15.6 Å². The van der Waals surface area contributed by atoms with Crippen molar-refractivity contribution >= 4 is 11.8 Å². The van der Waals surface area contributed by atoms with Crippen LogP contribution in [0.3, 0.4) is 0 Å². The van der Waals surface area contributed by atoms with E-state index >= 15 is 0 Å². The second kappa shape index (κ2) is 4.30. The maximum atomic E-state index is 10.7. The number of carbonyl (C=O) groups is 1. The molecular formula is C11H14N2O3. The van der Waals surface area contributed by atoms with Gasteiger partial charge in [-0.1, -0.05) is 0 Å². The van der Waals surface area contributed by atoms with E-state index in [1.165, 1.54) is 4.90 Å². The summed E-state index contributed by atoms with van der Waals surface area (Å²) in [5, 5.41) is 8.79. The first-order chi connectivity index (χ1) is 7.65. The van der Waals surface area contributed by atoms with Gasteiger partial charge in [-0.15, -0.1) is 0 Å². The molecule has 1 amide bonds. The molecule has 1 fully saturated rings. The molecule has 5 heteroatoms.